The zero-order valence-electron chi connectivity index (χ0n) is 6.53. The molecule has 3 heteroatoms. The van der Waals surface area contributed by atoms with Gasteiger partial charge in [-0.15, -0.1) is 11.1 Å². The highest BCUT2D eigenvalue weighted by atomic mass is 127. The summed E-state index contributed by atoms with van der Waals surface area (Å²) in [6, 6.07) is 0. The quantitative estimate of drug-likeness (QED) is 0.317. The molecule has 1 unspecified atom stereocenters. The van der Waals surface area contributed by atoms with Gasteiger partial charge in [0.15, 0.2) is 0 Å². The van der Waals surface area contributed by atoms with Gasteiger partial charge in [0.2, 0.25) is 4.88 Å². The van der Waals surface area contributed by atoms with Crippen LogP contribution in [0.15, 0.2) is 11.8 Å². The first kappa shape index (κ1) is 11.0. The molecule has 10 heavy (non-hydrogen) atoms. The van der Waals surface area contributed by atoms with Crippen molar-refractivity contribution in [1.29, 1.82) is 0 Å². The third-order valence-corrected chi connectivity index (χ3v) is 3.41. The second kappa shape index (κ2) is 5.60. The fourth-order valence-electron chi connectivity index (χ4n) is 0.612. The van der Waals surface area contributed by atoms with Crippen molar-refractivity contribution in [3.63, 3.8) is 0 Å². The molecule has 0 aliphatic rings. The van der Waals surface area contributed by atoms with E-state index in [-0.39, 0.29) is 0 Å². The van der Waals surface area contributed by atoms with Gasteiger partial charge in [-0.3, -0.25) is 0 Å². The number of hydrogen-bond donors (Lipinski definition) is 0. The minimum Gasteiger partial charge on any atom is -0.148 e. The summed E-state index contributed by atoms with van der Waals surface area (Å²) in [5.41, 5.74) is 2.19. The minimum absolute atomic E-state index is 1.19. The van der Waals surface area contributed by atoms with Gasteiger partial charge in [-0.2, -0.15) is 0 Å². The van der Waals surface area contributed by atoms with Gasteiger partial charge in [-0.25, -0.2) is 0 Å². The van der Waals surface area contributed by atoms with Gasteiger partial charge < -0.3 is 0 Å². The van der Waals surface area contributed by atoms with E-state index in [2.05, 4.69) is 47.0 Å². The maximum Gasteiger partial charge on any atom is 0.240 e. The average molecular weight is 289 g/mol. The van der Waals surface area contributed by atoms with Gasteiger partial charge in [-0.1, -0.05) is 53.3 Å². The SMILES string of the molecule is CCCCC=C[Si](C)(Cl)I. The smallest absolute Gasteiger partial charge is 0.148 e. The average Bonchev–Trinajstić information content (AvgIpc) is 1.78. The zero-order valence-corrected chi connectivity index (χ0v) is 10.4. The lowest BCUT2D eigenvalue weighted by atomic mass is 10.2. The molecule has 0 radical (unpaired) electrons. The maximum atomic E-state index is 6.05. The number of rotatable bonds is 4. The Morgan fingerprint density at radius 1 is 1.60 bits per heavy atom. The van der Waals surface area contributed by atoms with Crippen LogP contribution in [0.1, 0.15) is 26.2 Å². The third kappa shape index (κ3) is 8.98. The van der Waals surface area contributed by atoms with Crippen molar-refractivity contribution in [2.75, 3.05) is 0 Å². The molecular formula is C7H14ClISi. The molecule has 0 aromatic rings. The summed E-state index contributed by atoms with van der Waals surface area (Å²) in [6.07, 6.45) is 5.96. The number of unbranched alkanes of at least 4 members (excludes halogenated alkanes) is 2. The second-order valence-corrected chi connectivity index (χ2v) is 15.7. The number of hydrogen-bond acceptors (Lipinski definition) is 0. The van der Waals surface area contributed by atoms with E-state index in [1.807, 2.05) is 0 Å². The number of allylic oxidation sites excluding steroid dienone is 1. The Kier molecular flexibility index (Phi) is 6.15. The molecule has 0 aromatic heterocycles. The van der Waals surface area contributed by atoms with E-state index < -0.39 is 4.88 Å². The van der Waals surface area contributed by atoms with E-state index in [1.54, 1.807) is 0 Å². The Labute approximate surface area is 82.0 Å². The Balaban J connectivity index is 3.37. The van der Waals surface area contributed by atoms with E-state index in [0.717, 1.165) is 0 Å². The molecule has 0 saturated heterocycles. The van der Waals surface area contributed by atoms with Crippen LogP contribution in [0.5, 0.6) is 0 Å². The normalized spacial score (nSPS) is 17.6. The van der Waals surface area contributed by atoms with Crippen molar-refractivity contribution in [2.45, 2.75) is 32.7 Å². The molecule has 0 N–H and O–H groups in total. The van der Waals surface area contributed by atoms with Crippen molar-refractivity contribution in [2.24, 2.45) is 0 Å². The van der Waals surface area contributed by atoms with E-state index in [0.29, 0.717) is 0 Å². The monoisotopic (exact) mass is 288 g/mol. The lowest BCUT2D eigenvalue weighted by molar-refractivity contribution is 0.815. The molecule has 0 nitrogen and oxygen atoms in total. The van der Waals surface area contributed by atoms with Crippen LogP contribution in [0.4, 0.5) is 0 Å². The van der Waals surface area contributed by atoms with Gasteiger partial charge in [-0.05, 0) is 13.0 Å². The summed E-state index contributed by atoms with van der Waals surface area (Å²) in [5, 5.41) is 0. The van der Waals surface area contributed by atoms with Crippen molar-refractivity contribution in [1.82, 2.24) is 0 Å². The highest BCUT2D eigenvalue weighted by molar-refractivity contribution is 14.1. The highest BCUT2D eigenvalue weighted by Crippen LogP contribution is 2.19. The lowest BCUT2D eigenvalue weighted by Crippen LogP contribution is -2.05. The fraction of sp³-hybridized carbons (Fsp3) is 0.714. The summed E-state index contributed by atoms with van der Waals surface area (Å²) in [5.74, 6) is 0. The minimum atomic E-state index is -1.45. The fourth-order valence-corrected chi connectivity index (χ4v) is 2.22. The molecule has 0 spiro atoms. The molecule has 0 bridgehead atoms. The van der Waals surface area contributed by atoms with Crippen LogP contribution < -0.4 is 0 Å². The molecule has 0 heterocycles. The van der Waals surface area contributed by atoms with E-state index >= 15 is 0 Å². The van der Waals surface area contributed by atoms with Gasteiger partial charge in [0, 0.05) is 0 Å². The van der Waals surface area contributed by atoms with Crippen LogP contribution in [0.3, 0.4) is 0 Å². The van der Waals surface area contributed by atoms with E-state index in [1.165, 1.54) is 19.3 Å². The molecule has 0 aromatic carbocycles. The molecule has 60 valence electrons. The first-order valence-corrected chi connectivity index (χ1v) is 10.3. The molecule has 0 aliphatic carbocycles. The van der Waals surface area contributed by atoms with Gasteiger partial charge in [0.05, 0.1) is 0 Å². The molecule has 0 fully saturated rings. The molecule has 0 rings (SSSR count). The molecular weight excluding hydrogens is 275 g/mol. The summed E-state index contributed by atoms with van der Waals surface area (Å²) in [6.45, 7) is 4.33. The molecule has 0 amide bonds. The largest absolute Gasteiger partial charge is 0.240 e. The standard InChI is InChI=1S/C7H14ClISi/c1-3-4-5-6-7-10(2,8)9/h6-7H,3-5H2,1-2H3. The van der Waals surface area contributed by atoms with E-state index in [4.69, 9.17) is 11.1 Å². The van der Waals surface area contributed by atoms with Crippen molar-refractivity contribution in [3.8, 4) is 0 Å². The second-order valence-electron chi connectivity index (χ2n) is 2.50. The maximum absolute atomic E-state index is 6.05. The molecule has 1 atom stereocenters. The van der Waals surface area contributed by atoms with Gasteiger partial charge in [0.1, 0.15) is 0 Å². The topological polar surface area (TPSA) is 0 Å². The van der Waals surface area contributed by atoms with Crippen LogP contribution in [-0.4, -0.2) is 4.88 Å². The first-order chi connectivity index (χ1) is 4.56. The Hall–Kier alpha value is 0.977. The van der Waals surface area contributed by atoms with Gasteiger partial charge >= 0.3 is 0 Å². The summed E-state index contributed by atoms with van der Waals surface area (Å²) < 4.78 is 0. The third-order valence-electron chi connectivity index (χ3n) is 1.13. The Morgan fingerprint density at radius 3 is 2.60 bits per heavy atom. The van der Waals surface area contributed by atoms with Crippen molar-refractivity contribution >= 4 is 37.8 Å². The van der Waals surface area contributed by atoms with Gasteiger partial charge in [0.25, 0.3) is 0 Å². The Morgan fingerprint density at radius 2 is 2.20 bits per heavy atom. The van der Waals surface area contributed by atoms with Crippen LogP contribution in [0.2, 0.25) is 6.55 Å². The Bertz CT molecular complexity index is 107. The van der Waals surface area contributed by atoms with E-state index in [9.17, 15) is 0 Å². The highest BCUT2D eigenvalue weighted by Gasteiger charge is 2.13. The molecule has 0 saturated carbocycles. The van der Waals surface area contributed by atoms with Crippen LogP contribution in [0.25, 0.3) is 0 Å². The van der Waals surface area contributed by atoms with Crippen molar-refractivity contribution < 1.29 is 0 Å². The lowest BCUT2D eigenvalue weighted by Gasteiger charge is -2.01. The summed E-state index contributed by atoms with van der Waals surface area (Å²) in [7, 11) is 0. The van der Waals surface area contributed by atoms with Crippen LogP contribution in [-0.2, 0) is 0 Å². The predicted octanol–water partition coefficient (Wildman–Crippen LogP) is 4.02. The predicted molar refractivity (Wildman–Crippen MR) is 60.2 cm³/mol. The molecule has 0 aliphatic heterocycles. The number of halogens is 2. The zero-order chi connectivity index (χ0) is 8.04. The van der Waals surface area contributed by atoms with Crippen LogP contribution >= 0.6 is 32.9 Å². The first-order valence-electron chi connectivity index (χ1n) is 3.62. The van der Waals surface area contributed by atoms with Crippen molar-refractivity contribution in [3.05, 3.63) is 11.8 Å². The van der Waals surface area contributed by atoms with Crippen LogP contribution in [0, 0.1) is 0 Å². The summed E-state index contributed by atoms with van der Waals surface area (Å²) >= 11 is 8.40. The summed E-state index contributed by atoms with van der Waals surface area (Å²) in [4.78, 5) is -1.45.